The molecule has 0 aliphatic heterocycles. The fraction of sp³-hybridized carbons (Fsp3) is 0.200. The molecule has 0 radical (unpaired) electrons. The molecule has 14 heavy (non-hydrogen) atoms. The van der Waals surface area contributed by atoms with E-state index in [2.05, 4.69) is 12.6 Å². The number of nitrogen functional groups attached to an aromatic ring is 1. The Kier molecular flexibility index (Phi) is 2.56. The van der Waals surface area contributed by atoms with Crippen molar-refractivity contribution in [2.45, 2.75) is 11.8 Å². The molecular formula is C10H11NOS2. The van der Waals surface area contributed by atoms with Gasteiger partial charge in [-0.1, -0.05) is 0 Å². The van der Waals surface area contributed by atoms with Crippen LogP contribution in [-0.2, 0) is 0 Å². The van der Waals surface area contributed by atoms with E-state index in [4.69, 9.17) is 10.5 Å². The van der Waals surface area contributed by atoms with E-state index in [0.717, 1.165) is 25.7 Å². The van der Waals surface area contributed by atoms with Crippen molar-refractivity contribution in [1.82, 2.24) is 0 Å². The van der Waals surface area contributed by atoms with Gasteiger partial charge in [-0.3, -0.25) is 0 Å². The van der Waals surface area contributed by atoms with Gasteiger partial charge in [0.15, 0.2) is 0 Å². The van der Waals surface area contributed by atoms with Crippen LogP contribution in [0.4, 0.5) is 5.00 Å². The average Bonchev–Trinajstić information content (AvgIpc) is 2.45. The normalized spacial score (nSPS) is 10.7. The summed E-state index contributed by atoms with van der Waals surface area (Å²) in [5.74, 6) is 0.869. The third kappa shape index (κ3) is 1.55. The summed E-state index contributed by atoms with van der Waals surface area (Å²) < 4.78 is 6.56. The van der Waals surface area contributed by atoms with E-state index in [-0.39, 0.29) is 0 Å². The lowest BCUT2D eigenvalue weighted by molar-refractivity contribution is 0.340. The maximum atomic E-state index is 5.78. The quantitative estimate of drug-likeness (QED) is 0.770. The van der Waals surface area contributed by atoms with Gasteiger partial charge in [-0.15, -0.1) is 24.0 Å². The zero-order valence-corrected chi connectivity index (χ0v) is 9.49. The van der Waals surface area contributed by atoms with Gasteiger partial charge in [0.2, 0.25) is 0 Å². The van der Waals surface area contributed by atoms with Gasteiger partial charge in [0.1, 0.15) is 10.8 Å². The lowest BCUT2D eigenvalue weighted by Gasteiger charge is -2.02. The number of hydrogen-bond donors (Lipinski definition) is 2. The zero-order valence-electron chi connectivity index (χ0n) is 7.78. The zero-order chi connectivity index (χ0) is 10.1. The maximum Gasteiger partial charge on any atom is 0.120 e. The second kappa shape index (κ2) is 3.71. The number of nitrogens with two attached hydrogens (primary N) is 1. The number of thiol groups is 1. The molecule has 1 heterocycles. The molecule has 0 amide bonds. The molecule has 0 saturated carbocycles. The standard InChI is InChI=1S/C10H11NOS2/c1-2-12-6-3-4-8-7(5-6)9(13)10(11)14-8/h3-5,13H,2,11H2,1H3. The van der Waals surface area contributed by atoms with Crippen molar-refractivity contribution >= 4 is 39.1 Å². The van der Waals surface area contributed by atoms with E-state index >= 15 is 0 Å². The Morgan fingerprint density at radius 2 is 2.29 bits per heavy atom. The highest BCUT2D eigenvalue weighted by Gasteiger charge is 2.06. The van der Waals surface area contributed by atoms with Gasteiger partial charge in [-0.2, -0.15) is 0 Å². The summed E-state index contributed by atoms with van der Waals surface area (Å²) >= 11 is 5.91. The summed E-state index contributed by atoms with van der Waals surface area (Å²) in [4.78, 5) is 0.853. The van der Waals surface area contributed by atoms with Crippen LogP contribution in [0.2, 0.25) is 0 Å². The molecule has 0 spiro atoms. The van der Waals surface area contributed by atoms with E-state index in [1.165, 1.54) is 0 Å². The minimum atomic E-state index is 0.674. The molecule has 2 aromatic rings. The topological polar surface area (TPSA) is 35.2 Å². The fourth-order valence-corrected chi connectivity index (χ4v) is 2.59. The first-order valence-corrected chi connectivity index (χ1v) is 5.62. The third-order valence-corrected chi connectivity index (χ3v) is 3.60. The monoisotopic (exact) mass is 225 g/mol. The second-order valence-electron chi connectivity index (χ2n) is 2.91. The predicted octanol–water partition coefficient (Wildman–Crippen LogP) is 3.17. The molecule has 2 rings (SSSR count). The first kappa shape index (κ1) is 9.68. The largest absolute Gasteiger partial charge is 0.494 e. The van der Waals surface area contributed by atoms with E-state index in [0.29, 0.717) is 6.61 Å². The number of thiophene rings is 1. The minimum Gasteiger partial charge on any atom is -0.494 e. The molecule has 0 fully saturated rings. The molecule has 0 atom stereocenters. The number of ether oxygens (including phenoxy) is 1. The highest BCUT2D eigenvalue weighted by atomic mass is 32.1. The third-order valence-electron chi connectivity index (χ3n) is 1.97. The van der Waals surface area contributed by atoms with E-state index in [9.17, 15) is 0 Å². The van der Waals surface area contributed by atoms with Gasteiger partial charge in [-0.05, 0) is 25.1 Å². The summed E-state index contributed by atoms with van der Waals surface area (Å²) in [6.45, 7) is 2.64. The molecule has 0 aliphatic carbocycles. The summed E-state index contributed by atoms with van der Waals surface area (Å²) in [7, 11) is 0. The number of anilines is 1. The molecule has 0 bridgehead atoms. The van der Waals surface area contributed by atoms with Crippen LogP contribution in [0.5, 0.6) is 5.75 Å². The van der Waals surface area contributed by atoms with Crippen LogP contribution in [0.15, 0.2) is 23.1 Å². The number of rotatable bonds is 2. The Hall–Kier alpha value is -0.870. The molecule has 0 saturated heterocycles. The predicted molar refractivity (Wildman–Crippen MR) is 64.7 cm³/mol. The number of benzene rings is 1. The van der Waals surface area contributed by atoms with Crippen LogP contribution in [0.3, 0.4) is 0 Å². The second-order valence-corrected chi connectivity index (χ2v) is 4.44. The van der Waals surface area contributed by atoms with Crippen LogP contribution in [0.25, 0.3) is 10.1 Å². The van der Waals surface area contributed by atoms with Crippen molar-refractivity contribution in [2.24, 2.45) is 0 Å². The summed E-state index contributed by atoms with van der Waals surface area (Å²) in [5, 5.41) is 1.83. The molecular weight excluding hydrogens is 214 g/mol. The average molecular weight is 225 g/mol. The molecule has 2 N–H and O–H groups in total. The van der Waals surface area contributed by atoms with E-state index in [1.54, 1.807) is 11.3 Å². The highest BCUT2D eigenvalue weighted by Crippen LogP contribution is 2.37. The summed E-state index contributed by atoms with van der Waals surface area (Å²) in [6, 6.07) is 5.95. The van der Waals surface area contributed by atoms with Crippen molar-refractivity contribution in [3.05, 3.63) is 18.2 Å². The Bertz CT molecular complexity index is 464. The van der Waals surface area contributed by atoms with Crippen LogP contribution in [0, 0.1) is 0 Å². The van der Waals surface area contributed by atoms with Crippen LogP contribution < -0.4 is 10.5 Å². The minimum absolute atomic E-state index is 0.674. The van der Waals surface area contributed by atoms with Gasteiger partial charge in [-0.25, -0.2) is 0 Å². The number of hydrogen-bond acceptors (Lipinski definition) is 4. The maximum absolute atomic E-state index is 5.78. The Morgan fingerprint density at radius 3 is 3.00 bits per heavy atom. The molecule has 0 aliphatic rings. The molecule has 0 unspecified atom stereocenters. The molecule has 74 valence electrons. The van der Waals surface area contributed by atoms with Crippen molar-refractivity contribution in [1.29, 1.82) is 0 Å². The van der Waals surface area contributed by atoms with Gasteiger partial charge in [0.25, 0.3) is 0 Å². The lowest BCUT2D eigenvalue weighted by atomic mass is 10.2. The first-order chi connectivity index (χ1) is 6.72. The van der Waals surface area contributed by atoms with Gasteiger partial charge in [0, 0.05) is 15.0 Å². The molecule has 4 heteroatoms. The van der Waals surface area contributed by atoms with Gasteiger partial charge in [0.05, 0.1) is 6.61 Å². The first-order valence-electron chi connectivity index (χ1n) is 4.36. The Balaban J connectivity index is 2.58. The molecule has 1 aromatic heterocycles. The molecule has 1 aromatic carbocycles. The summed E-state index contributed by atoms with van der Waals surface area (Å²) in [5.41, 5.74) is 5.78. The van der Waals surface area contributed by atoms with E-state index < -0.39 is 0 Å². The van der Waals surface area contributed by atoms with Crippen molar-refractivity contribution in [2.75, 3.05) is 12.3 Å². The Labute approximate surface area is 92.1 Å². The fourth-order valence-electron chi connectivity index (χ4n) is 1.34. The van der Waals surface area contributed by atoms with E-state index in [1.807, 2.05) is 25.1 Å². The van der Waals surface area contributed by atoms with Crippen molar-refractivity contribution in [3.8, 4) is 5.75 Å². The Morgan fingerprint density at radius 1 is 1.50 bits per heavy atom. The number of fused-ring (bicyclic) bond motifs is 1. The molecule has 2 nitrogen and oxygen atoms in total. The van der Waals surface area contributed by atoms with Crippen molar-refractivity contribution < 1.29 is 4.74 Å². The van der Waals surface area contributed by atoms with Gasteiger partial charge < -0.3 is 10.5 Å². The highest BCUT2D eigenvalue weighted by molar-refractivity contribution is 7.81. The van der Waals surface area contributed by atoms with Crippen LogP contribution >= 0.6 is 24.0 Å². The van der Waals surface area contributed by atoms with Crippen LogP contribution in [0.1, 0.15) is 6.92 Å². The lowest BCUT2D eigenvalue weighted by Crippen LogP contribution is -1.90. The van der Waals surface area contributed by atoms with Gasteiger partial charge >= 0.3 is 0 Å². The van der Waals surface area contributed by atoms with Crippen molar-refractivity contribution in [3.63, 3.8) is 0 Å². The van der Waals surface area contributed by atoms with Crippen LogP contribution in [-0.4, -0.2) is 6.61 Å². The smallest absolute Gasteiger partial charge is 0.120 e. The SMILES string of the molecule is CCOc1ccc2sc(N)c(S)c2c1. The summed E-state index contributed by atoms with van der Waals surface area (Å²) in [6.07, 6.45) is 0.